The molecule has 4 nitrogen and oxygen atoms in total. The minimum atomic E-state index is -0.176. The molecular formula is C19H18N2O2. The van der Waals surface area contributed by atoms with Crippen LogP contribution in [0.15, 0.2) is 65.5 Å². The topological polar surface area (TPSA) is 51.1 Å². The summed E-state index contributed by atoms with van der Waals surface area (Å²) < 4.78 is 1.52. The van der Waals surface area contributed by atoms with Gasteiger partial charge in [-0.3, -0.25) is 14.2 Å². The Kier molecular flexibility index (Phi) is 4.24. The van der Waals surface area contributed by atoms with E-state index in [0.29, 0.717) is 6.54 Å². The molecule has 0 fully saturated rings. The molecule has 3 rings (SSSR count). The molecule has 1 aromatic heterocycles. The molecule has 0 spiro atoms. The first-order valence-electron chi connectivity index (χ1n) is 7.55. The maximum Gasteiger partial charge on any atom is 0.251 e. The predicted molar refractivity (Wildman–Crippen MR) is 91.2 cm³/mol. The van der Waals surface area contributed by atoms with Crippen LogP contribution in [0.2, 0.25) is 0 Å². The summed E-state index contributed by atoms with van der Waals surface area (Å²) >= 11 is 0. The Morgan fingerprint density at radius 1 is 1.04 bits per heavy atom. The molecule has 0 saturated heterocycles. The van der Waals surface area contributed by atoms with Crippen LogP contribution in [0.1, 0.15) is 11.1 Å². The van der Waals surface area contributed by atoms with Crippen molar-refractivity contribution in [2.75, 3.05) is 0 Å². The summed E-state index contributed by atoms with van der Waals surface area (Å²) in [5.41, 5.74) is 2.58. The molecule has 0 unspecified atom stereocenters. The molecule has 4 heteroatoms. The first kappa shape index (κ1) is 15.0. The largest absolute Gasteiger partial charge is 0.350 e. The van der Waals surface area contributed by atoms with Gasteiger partial charge < -0.3 is 5.32 Å². The number of hydrogen-bond acceptors (Lipinski definition) is 2. The van der Waals surface area contributed by atoms with Crippen molar-refractivity contribution in [3.8, 4) is 0 Å². The van der Waals surface area contributed by atoms with Crippen molar-refractivity contribution in [3.05, 3.63) is 82.1 Å². The molecule has 0 aliphatic rings. The molecule has 1 N–H and O–H groups in total. The third-order valence-electron chi connectivity index (χ3n) is 3.86. The van der Waals surface area contributed by atoms with E-state index < -0.39 is 0 Å². The van der Waals surface area contributed by atoms with Crippen molar-refractivity contribution in [2.24, 2.45) is 0 Å². The van der Waals surface area contributed by atoms with E-state index in [1.165, 1.54) is 4.57 Å². The highest BCUT2D eigenvalue weighted by molar-refractivity contribution is 5.84. The average molecular weight is 306 g/mol. The molecule has 0 aliphatic carbocycles. The number of amides is 1. The van der Waals surface area contributed by atoms with Crippen LogP contribution in [0.25, 0.3) is 10.9 Å². The van der Waals surface area contributed by atoms with Gasteiger partial charge in [0, 0.05) is 18.0 Å². The third kappa shape index (κ3) is 3.31. The second-order valence-corrected chi connectivity index (χ2v) is 5.53. The number of hydrogen-bond donors (Lipinski definition) is 1. The minimum absolute atomic E-state index is 0.0203. The number of nitrogens with one attached hydrogen (secondary N) is 1. The highest BCUT2D eigenvalue weighted by atomic mass is 16.2. The van der Waals surface area contributed by atoms with E-state index in [1.54, 1.807) is 6.07 Å². The van der Waals surface area contributed by atoms with Crippen molar-refractivity contribution in [3.63, 3.8) is 0 Å². The lowest BCUT2D eigenvalue weighted by Crippen LogP contribution is -2.32. The van der Waals surface area contributed by atoms with Gasteiger partial charge >= 0.3 is 0 Å². The van der Waals surface area contributed by atoms with E-state index in [0.717, 1.165) is 22.0 Å². The summed E-state index contributed by atoms with van der Waals surface area (Å²) in [6.45, 7) is 2.38. The fourth-order valence-electron chi connectivity index (χ4n) is 2.66. The highest BCUT2D eigenvalue weighted by Gasteiger charge is 2.09. The number of aromatic nitrogens is 1. The van der Waals surface area contributed by atoms with Crippen molar-refractivity contribution in [1.82, 2.24) is 9.88 Å². The number of carbonyl (C=O) groups is 1. The Labute approximate surface area is 134 Å². The van der Waals surface area contributed by atoms with Gasteiger partial charge in [-0.2, -0.15) is 0 Å². The van der Waals surface area contributed by atoms with E-state index in [-0.39, 0.29) is 18.0 Å². The monoisotopic (exact) mass is 306 g/mol. The van der Waals surface area contributed by atoms with Crippen LogP contribution in [0, 0.1) is 6.92 Å². The Balaban J connectivity index is 1.81. The predicted octanol–water partition coefficient (Wildman–Crippen LogP) is 2.63. The fraction of sp³-hybridized carbons (Fsp3) is 0.158. The first-order valence-corrected chi connectivity index (χ1v) is 7.55. The Hall–Kier alpha value is -2.88. The van der Waals surface area contributed by atoms with Gasteiger partial charge in [0.15, 0.2) is 0 Å². The van der Waals surface area contributed by atoms with Gasteiger partial charge in [0.05, 0.1) is 5.52 Å². The number of pyridine rings is 1. The highest BCUT2D eigenvalue weighted by Crippen LogP contribution is 2.15. The summed E-state index contributed by atoms with van der Waals surface area (Å²) in [6.07, 6.45) is 0. The van der Waals surface area contributed by atoms with Crippen LogP contribution in [-0.4, -0.2) is 10.5 Å². The minimum Gasteiger partial charge on any atom is -0.350 e. The lowest BCUT2D eigenvalue weighted by Gasteiger charge is -2.12. The van der Waals surface area contributed by atoms with Crippen LogP contribution in [0.4, 0.5) is 0 Å². The molecular weight excluding hydrogens is 288 g/mol. The molecule has 0 aliphatic heterocycles. The zero-order chi connectivity index (χ0) is 16.2. The third-order valence-corrected chi connectivity index (χ3v) is 3.86. The van der Waals surface area contributed by atoms with Gasteiger partial charge in [-0.25, -0.2) is 0 Å². The number of fused-ring (bicyclic) bond motifs is 1. The van der Waals surface area contributed by atoms with E-state index in [2.05, 4.69) is 5.32 Å². The smallest absolute Gasteiger partial charge is 0.251 e. The van der Waals surface area contributed by atoms with Gasteiger partial charge in [0.2, 0.25) is 5.91 Å². The molecule has 0 saturated carbocycles. The fourth-order valence-corrected chi connectivity index (χ4v) is 2.66. The van der Waals surface area contributed by atoms with Crippen molar-refractivity contribution >= 4 is 16.8 Å². The number of para-hydroxylation sites is 1. The van der Waals surface area contributed by atoms with E-state index >= 15 is 0 Å². The zero-order valence-electron chi connectivity index (χ0n) is 13.0. The Bertz CT molecular complexity index is 898. The van der Waals surface area contributed by atoms with Crippen molar-refractivity contribution < 1.29 is 4.79 Å². The molecule has 1 amide bonds. The lowest BCUT2D eigenvalue weighted by molar-refractivity contribution is -0.121. The maximum atomic E-state index is 12.2. The van der Waals surface area contributed by atoms with Crippen LogP contribution in [0.3, 0.4) is 0 Å². The standard InChI is InChI=1S/C19H18N2O2/c1-14-11-19(23)21(17-10-6-5-9-16(14)17)13-18(22)20-12-15-7-3-2-4-8-15/h2-11H,12-13H2,1H3,(H,20,22). The summed E-state index contributed by atoms with van der Waals surface area (Å²) in [4.78, 5) is 24.4. The van der Waals surface area contributed by atoms with E-state index in [9.17, 15) is 9.59 Å². The normalized spacial score (nSPS) is 10.7. The number of benzene rings is 2. The molecule has 0 atom stereocenters. The average Bonchev–Trinajstić information content (AvgIpc) is 2.58. The second-order valence-electron chi connectivity index (χ2n) is 5.53. The van der Waals surface area contributed by atoms with Gasteiger partial charge in [-0.05, 0) is 24.1 Å². The number of rotatable bonds is 4. The van der Waals surface area contributed by atoms with Crippen LogP contribution < -0.4 is 10.9 Å². The Morgan fingerprint density at radius 2 is 1.74 bits per heavy atom. The SMILES string of the molecule is Cc1cc(=O)n(CC(=O)NCc2ccccc2)c2ccccc12. The molecule has 0 bridgehead atoms. The summed E-state index contributed by atoms with van der Waals surface area (Å²) in [5.74, 6) is -0.176. The molecule has 0 radical (unpaired) electrons. The summed E-state index contributed by atoms with van der Waals surface area (Å²) in [6, 6.07) is 18.9. The van der Waals surface area contributed by atoms with Crippen LogP contribution in [0.5, 0.6) is 0 Å². The van der Waals surface area contributed by atoms with Crippen LogP contribution in [-0.2, 0) is 17.9 Å². The van der Waals surface area contributed by atoms with Gasteiger partial charge in [-0.1, -0.05) is 48.5 Å². The molecule has 2 aromatic carbocycles. The van der Waals surface area contributed by atoms with Gasteiger partial charge in [0.25, 0.3) is 5.56 Å². The molecule has 23 heavy (non-hydrogen) atoms. The second kappa shape index (κ2) is 6.48. The summed E-state index contributed by atoms with van der Waals surface area (Å²) in [7, 11) is 0. The maximum absolute atomic E-state index is 12.2. The molecule has 1 heterocycles. The van der Waals surface area contributed by atoms with E-state index in [1.807, 2.05) is 61.5 Å². The molecule has 3 aromatic rings. The van der Waals surface area contributed by atoms with Gasteiger partial charge in [-0.15, -0.1) is 0 Å². The van der Waals surface area contributed by atoms with Crippen molar-refractivity contribution in [1.29, 1.82) is 0 Å². The van der Waals surface area contributed by atoms with Crippen molar-refractivity contribution in [2.45, 2.75) is 20.0 Å². The first-order chi connectivity index (χ1) is 11.1. The summed E-state index contributed by atoms with van der Waals surface area (Å²) in [5, 5.41) is 3.84. The number of carbonyl (C=O) groups excluding carboxylic acids is 1. The Morgan fingerprint density at radius 3 is 2.52 bits per heavy atom. The lowest BCUT2D eigenvalue weighted by atomic mass is 10.1. The molecule has 116 valence electrons. The van der Waals surface area contributed by atoms with Gasteiger partial charge in [0.1, 0.15) is 6.54 Å². The zero-order valence-corrected chi connectivity index (χ0v) is 13.0. The van der Waals surface area contributed by atoms with E-state index in [4.69, 9.17) is 0 Å². The quantitative estimate of drug-likeness (QED) is 0.805. The number of aryl methyl sites for hydroxylation is 1. The number of nitrogens with zero attached hydrogens (tertiary/aromatic N) is 1. The van der Waals surface area contributed by atoms with Crippen LogP contribution >= 0.6 is 0 Å².